The van der Waals surface area contributed by atoms with Crippen LogP contribution >= 0.6 is 0 Å². The van der Waals surface area contributed by atoms with Gasteiger partial charge < -0.3 is 15.5 Å². The van der Waals surface area contributed by atoms with Crippen molar-refractivity contribution in [1.82, 2.24) is 5.32 Å². The van der Waals surface area contributed by atoms with E-state index in [9.17, 15) is 4.79 Å². The monoisotopic (exact) mass is 265 g/mol. The molecule has 0 saturated carbocycles. The number of hydrogen-bond donors (Lipinski definition) is 3. The summed E-state index contributed by atoms with van der Waals surface area (Å²) >= 11 is 0. The van der Waals surface area contributed by atoms with E-state index < -0.39 is 0 Å². The van der Waals surface area contributed by atoms with E-state index in [4.69, 9.17) is 10.6 Å². The third-order valence-electron chi connectivity index (χ3n) is 2.63. The van der Waals surface area contributed by atoms with Gasteiger partial charge in [0.25, 0.3) is 5.91 Å². The molecule has 1 aromatic carbocycles. The van der Waals surface area contributed by atoms with Crippen LogP contribution in [0.2, 0.25) is 0 Å². The van der Waals surface area contributed by atoms with Crippen LogP contribution in [0.25, 0.3) is 0 Å². The maximum atomic E-state index is 11.9. The summed E-state index contributed by atoms with van der Waals surface area (Å²) in [6.07, 6.45) is 0. The lowest BCUT2D eigenvalue weighted by atomic mass is 10.1. The van der Waals surface area contributed by atoms with E-state index in [2.05, 4.69) is 24.6 Å². The number of carbonyl (C=O) groups is 1. The first-order valence-electron chi connectivity index (χ1n) is 6.47. The van der Waals surface area contributed by atoms with Gasteiger partial charge in [-0.15, -0.1) is 0 Å². The second-order valence-electron chi connectivity index (χ2n) is 4.90. The standard InChI is InChI=1S/C14H23N3O2/c1-10(2)9-19-7-6-16-14(18)12-4-5-13(17-15)11(3)8-12/h4-5,8,10,17H,6-7,9,15H2,1-3H3,(H,16,18). The Morgan fingerprint density at radius 2 is 2.16 bits per heavy atom. The number of ether oxygens (including phenoxy) is 1. The van der Waals surface area contributed by atoms with E-state index in [-0.39, 0.29) is 5.91 Å². The SMILES string of the molecule is Cc1cc(C(=O)NCCOCC(C)C)ccc1NN. The lowest BCUT2D eigenvalue weighted by Crippen LogP contribution is -2.27. The van der Waals surface area contributed by atoms with E-state index in [1.54, 1.807) is 18.2 Å². The number of amides is 1. The Morgan fingerprint density at radius 3 is 2.74 bits per heavy atom. The smallest absolute Gasteiger partial charge is 0.251 e. The quantitative estimate of drug-likeness (QED) is 0.398. The number of nitrogens with two attached hydrogens (primary N) is 1. The average molecular weight is 265 g/mol. The maximum absolute atomic E-state index is 11.9. The van der Waals surface area contributed by atoms with Crippen LogP contribution < -0.4 is 16.6 Å². The van der Waals surface area contributed by atoms with Crippen LogP contribution in [0.1, 0.15) is 29.8 Å². The van der Waals surface area contributed by atoms with Crippen molar-refractivity contribution in [2.24, 2.45) is 11.8 Å². The largest absolute Gasteiger partial charge is 0.379 e. The Hall–Kier alpha value is -1.59. The Kier molecular flexibility index (Phi) is 6.32. The van der Waals surface area contributed by atoms with Gasteiger partial charge in [0.1, 0.15) is 0 Å². The molecule has 0 radical (unpaired) electrons. The summed E-state index contributed by atoms with van der Waals surface area (Å²) in [6, 6.07) is 5.34. The molecule has 0 heterocycles. The molecule has 0 unspecified atom stereocenters. The maximum Gasteiger partial charge on any atom is 0.251 e. The Labute approximate surface area is 114 Å². The van der Waals surface area contributed by atoms with Gasteiger partial charge in [-0.25, -0.2) is 0 Å². The number of benzene rings is 1. The molecule has 4 N–H and O–H groups in total. The predicted molar refractivity (Wildman–Crippen MR) is 77.0 cm³/mol. The van der Waals surface area contributed by atoms with Crippen LogP contribution in [0.5, 0.6) is 0 Å². The van der Waals surface area contributed by atoms with Crippen molar-refractivity contribution in [1.29, 1.82) is 0 Å². The van der Waals surface area contributed by atoms with Crippen LogP contribution in [-0.2, 0) is 4.74 Å². The molecule has 0 aromatic heterocycles. The zero-order valence-corrected chi connectivity index (χ0v) is 11.8. The summed E-state index contributed by atoms with van der Waals surface area (Å²) < 4.78 is 5.40. The molecule has 0 aliphatic carbocycles. The molecule has 106 valence electrons. The molecule has 0 bridgehead atoms. The zero-order chi connectivity index (χ0) is 14.3. The minimum atomic E-state index is -0.0974. The van der Waals surface area contributed by atoms with Gasteiger partial charge in [-0.3, -0.25) is 10.6 Å². The normalized spacial score (nSPS) is 10.6. The van der Waals surface area contributed by atoms with Gasteiger partial charge in [-0.1, -0.05) is 13.8 Å². The van der Waals surface area contributed by atoms with Gasteiger partial charge in [0, 0.05) is 18.7 Å². The summed E-state index contributed by atoms with van der Waals surface area (Å²) in [7, 11) is 0. The van der Waals surface area contributed by atoms with Crippen LogP contribution in [0, 0.1) is 12.8 Å². The minimum Gasteiger partial charge on any atom is -0.379 e. The first kappa shape index (κ1) is 15.5. The highest BCUT2D eigenvalue weighted by atomic mass is 16.5. The number of hydrogen-bond acceptors (Lipinski definition) is 4. The van der Waals surface area contributed by atoms with Crippen LogP contribution in [0.3, 0.4) is 0 Å². The third-order valence-corrected chi connectivity index (χ3v) is 2.63. The van der Waals surface area contributed by atoms with E-state index in [0.29, 0.717) is 31.2 Å². The van der Waals surface area contributed by atoms with Crippen molar-refractivity contribution in [3.05, 3.63) is 29.3 Å². The molecule has 0 aliphatic rings. The summed E-state index contributed by atoms with van der Waals surface area (Å²) in [6.45, 7) is 7.85. The molecular weight excluding hydrogens is 242 g/mol. The van der Waals surface area contributed by atoms with Crippen molar-refractivity contribution in [2.45, 2.75) is 20.8 Å². The number of hydrazine groups is 1. The van der Waals surface area contributed by atoms with Gasteiger partial charge in [-0.2, -0.15) is 0 Å². The molecular formula is C14H23N3O2. The molecule has 5 nitrogen and oxygen atoms in total. The molecule has 0 saturated heterocycles. The molecule has 0 aliphatic heterocycles. The highest BCUT2D eigenvalue weighted by molar-refractivity contribution is 5.94. The van der Waals surface area contributed by atoms with Gasteiger partial charge in [-0.05, 0) is 36.6 Å². The van der Waals surface area contributed by atoms with Crippen LogP contribution in [0.15, 0.2) is 18.2 Å². The fourth-order valence-corrected chi connectivity index (χ4v) is 1.62. The van der Waals surface area contributed by atoms with Gasteiger partial charge >= 0.3 is 0 Å². The highest BCUT2D eigenvalue weighted by Gasteiger charge is 2.06. The van der Waals surface area contributed by atoms with E-state index in [0.717, 1.165) is 11.3 Å². The molecule has 5 heteroatoms. The molecule has 1 rings (SSSR count). The second-order valence-corrected chi connectivity index (χ2v) is 4.90. The van der Waals surface area contributed by atoms with E-state index in [1.165, 1.54) is 0 Å². The summed E-state index contributed by atoms with van der Waals surface area (Å²) in [5.74, 6) is 5.76. The first-order valence-corrected chi connectivity index (χ1v) is 6.47. The first-order chi connectivity index (χ1) is 9.04. The van der Waals surface area contributed by atoms with Gasteiger partial charge in [0.05, 0.1) is 12.3 Å². The number of rotatable bonds is 7. The Bertz CT molecular complexity index is 419. The number of carbonyl (C=O) groups excluding carboxylic acids is 1. The molecule has 0 spiro atoms. The fraction of sp³-hybridized carbons (Fsp3) is 0.500. The van der Waals surface area contributed by atoms with Crippen LogP contribution in [0.4, 0.5) is 5.69 Å². The summed E-state index contributed by atoms with van der Waals surface area (Å²) in [5, 5.41) is 2.82. The van der Waals surface area contributed by atoms with Gasteiger partial charge in [0.2, 0.25) is 0 Å². The molecule has 19 heavy (non-hydrogen) atoms. The van der Waals surface area contributed by atoms with Crippen molar-refractivity contribution < 1.29 is 9.53 Å². The zero-order valence-electron chi connectivity index (χ0n) is 11.8. The van der Waals surface area contributed by atoms with Gasteiger partial charge in [0.15, 0.2) is 0 Å². The molecule has 1 amide bonds. The number of nitrogens with one attached hydrogen (secondary N) is 2. The number of aryl methyl sites for hydroxylation is 1. The molecule has 0 fully saturated rings. The lowest BCUT2D eigenvalue weighted by Gasteiger charge is -2.10. The summed E-state index contributed by atoms with van der Waals surface area (Å²) in [4.78, 5) is 11.9. The predicted octanol–water partition coefficient (Wildman–Crippen LogP) is 1.68. The fourth-order valence-electron chi connectivity index (χ4n) is 1.62. The second kappa shape index (κ2) is 7.76. The average Bonchev–Trinajstić information content (AvgIpc) is 2.37. The summed E-state index contributed by atoms with van der Waals surface area (Å²) in [5.41, 5.74) is 4.96. The van der Waals surface area contributed by atoms with Crippen molar-refractivity contribution in [3.63, 3.8) is 0 Å². The Balaban J connectivity index is 2.39. The number of anilines is 1. The van der Waals surface area contributed by atoms with Crippen molar-refractivity contribution in [3.8, 4) is 0 Å². The van der Waals surface area contributed by atoms with Crippen molar-refractivity contribution >= 4 is 11.6 Å². The van der Waals surface area contributed by atoms with Crippen molar-refractivity contribution in [2.75, 3.05) is 25.2 Å². The topological polar surface area (TPSA) is 76.4 Å². The highest BCUT2D eigenvalue weighted by Crippen LogP contribution is 2.14. The number of nitrogen functional groups attached to an aromatic ring is 1. The lowest BCUT2D eigenvalue weighted by molar-refractivity contribution is 0.0886. The van der Waals surface area contributed by atoms with E-state index in [1.807, 2.05) is 6.92 Å². The molecule has 1 aromatic rings. The van der Waals surface area contributed by atoms with Crippen LogP contribution in [-0.4, -0.2) is 25.7 Å². The Morgan fingerprint density at radius 1 is 1.42 bits per heavy atom. The third kappa shape index (κ3) is 5.28. The molecule has 0 atom stereocenters. The van der Waals surface area contributed by atoms with E-state index >= 15 is 0 Å². The minimum absolute atomic E-state index is 0.0974.